The van der Waals surface area contributed by atoms with Crippen LogP contribution in [0.2, 0.25) is 0 Å². The molecule has 2 N–H and O–H groups in total. The summed E-state index contributed by atoms with van der Waals surface area (Å²) in [6, 6.07) is 0. The van der Waals surface area contributed by atoms with Crippen LogP contribution in [0, 0.1) is 23.7 Å². The molecule has 0 aliphatic heterocycles. The van der Waals surface area contributed by atoms with Crippen LogP contribution >= 0.6 is 0 Å². The molecule has 0 aromatic rings. The molecule has 0 saturated carbocycles. The van der Waals surface area contributed by atoms with Crippen molar-refractivity contribution in [3.8, 4) is 23.7 Å². The summed E-state index contributed by atoms with van der Waals surface area (Å²) in [5.74, 6) is 10.2. The predicted octanol–water partition coefficient (Wildman–Crippen LogP) is 0.313. The van der Waals surface area contributed by atoms with E-state index in [1.54, 1.807) is 12.2 Å². The van der Waals surface area contributed by atoms with Crippen LogP contribution in [0.25, 0.3) is 0 Å². The summed E-state index contributed by atoms with van der Waals surface area (Å²) in [7, 11) is 0. The van der Waals surface area contributed by atoms with Crippen molar-refractivity contribution < 1.29 is 10.2 Å². The molecule has 0 radical (unpaired) electrons. The van der Waals surface area contributed by atoms with Gasteiger partial charge in [0.15, 0.2) is 0 Å². The molecule has 0 bridgehead atoms. The van der Waals surface area contributed by atoms with Gasteiger partial charge in [0, 0.05) is 13.0 Å². The predicted molar refractivity (Wildman–Crippen MR) is 48.1 cm³/mol. The Morgan fingerprint density at radius 1 is 1.42 bits per heavy atom. The molecular formula is C10H12O2. The van der Waals surface area contributed by atoms with Gasteiger partial charge in [-0.2, -0.15) is 0 Å². The zero-order chi connectivity index (χ0) is 9.23. The van der Waals surface area contributed by atoms with Gasteiger partial charge in [0.1, 0.15) is 6.10 Å². The normalized spacial score (nSPS) is 11.2. The second kappa shape index (κ2) is 7.88. The van der Waals surface area contributed by atoms with E-state index in [-0.39, 0.29) is 13.0 Å². The van der Waals surface area contributed by atoms with Crippen LogP contribution in [0.4, 0.5) is 0 Å². The van der Waals surface area contributed by atoms with Crippen molar-refractivity contribution >= 4 is 0 Å². The third kappa shape index (κ3) is 6.89. The molecule has 0 heterocycles. The first-order valence-corrected chi connectivity index (χ1v) is 3.72. The topological polar surface area (TPSA) is 40.5 Å². The first-order valence-electron chi connectivity index (χ1n) is 3.72. The third-order valence-electron chi connectivity index (χ3n) is 1.03. The van der Waals surface area contributed by atoms with Crippen LogP contribution in [0.15, 0.2) is 12.2 Å². The van der Waals surface area contributed by atoms with Gasteiger partial charge in [-0.15, -0.1) is 0 Å². The van der Waals surface area contributed by atoms with Gasteiger partial charge >= 0.3 is 0 Å². The van der Waals surface area contributed by atoms with Gasteiger partial charge in [-0.3, -0.25) is 0 Å². The largest absolute Gasteiger partial charge is 0.396 e. The molecule has 0 saturated heterocycles. The zero-order valence-corrected chi connectivity index (χ0v) is 7.04. The molecule has 2 heteroatoms. The first-order chi connectivity index (χ1) is 5.81. The monoisotopic (exact) mass is 164 g/mol. The number of hydrogen-bond donors (Lipinski definition) is 2. The van der Waals surface area contributed by atoms with E-state index in [0.29, 0.717) is 0 Å². The maximum absolute atomic E-state index is 8.99. The Labute approximate surface area is 72.9 Å². The van der Waals surface area contributed by atoms with Crippen LogP contribution in [0.1, 0.15) is 13.3 Å². The fraction of sp³-hybridized carbons (Fsp3) is 0.400. The fourth-order valence-corrected chi connectivity index (χ4v) is 0.475. The maximum Gasteiger partial charge on any atom is 0.117 e. The second-order valence-corrected chi connectivity index (χ2v) is 2.07. The quantitative estimate of drug-likeness (QED) is 0.577. The van der Waals surface area contributed by atoms with Gasteiger partial charge in [-0.1, -0.05) is 17.9 Å². The molecule has 12 heavy (non-hydrogen) atoms. The minimum Gasteiger partial charge on any atom is -0.396 e. The van der Waals surface area contributed by atoms with E-state index in [4.69, 9.17) is 10.2 Å². The lowest BCUT2D eigenvalue weighted by molar-refractivity contribution is 0.177. The summed E-state index contributed by atoms with van der Waals surface area (Å²) in [5, 5.41) is 17.4. The summed E-state index contributed by atoms with van der Waals surface area (Å²) in [6.07, 6.45) is 2.99. The van der Waals surface area contributed by atoms with E-state index in [9.17, 15) is 0 Å². The Morgan fingerprint density at radius 2 is 2.17 bits per heavy atom. The molecule has 0 aromatic heterocycles. The van der Waals surface area contributed by atoms with E-state index in [1.807, 2.05) is 6.92 Å². The summed E-state index contributed by atoms with van der Waals surface area (Å²) < 4.78 is 0. The average Bonchev–Trinajstić information content (AvgIpc) is 2.05. The lowest BCUT2D eigenvalue weighted by atomic mass is 10.3. The Balaban J connectivity index is 3.81. The molecule has 0 amide bonds. The van der Waals surface area contributed by atoms with E-state index in [0.717, 1.165) is 0 Å². The number of allylic oxidation sites excluding steroid dienone is 2. The zero-order valence-electron chi connectivity index (χ0n) is 7.04. The van der Waals surface area contributed by atoms with Crippen molar-refractivity contribution in [2.75, 3.05) is 6.61 Å². The molecule has 2 nitrogen and oxygen atoms in total. The van der Waals surface area contributed by atoms with Gasteiger partial charge in [0.2, 0.25) is 0 Å². The van der Waals surface area contributed by atoms with E-state index in [2.05, 4.69) is 23.7 Å². The van der Waals surface area contributed by atoms with E-state index in [1.165, 1.54) is 0 Å². The van der Waals surface area contributed by atoms with Gasteiger partial charge in [-0.05, 0) is 24.8 Å². The third-order valence-corrected chi connectivity index (χ3v) is 1.03. The molecule has 0 aliphatic rings. The lowest BCUT2D eigenvalue weighted by Crippen LogP contribution is -2.04. The van der Waals surface area contributed by atoms with Gasteiger partial charge < -0.3 is 10.2 Å². The molecule has 64 valence electrons. The molecule has 1 atom stereocenters. The van der Waals surface area contributed by atoms with Crippen LogP contribution < -0.4 is 0 Å². The summed E-state index contributed by atoms with van der Waals surface area (Å²) in [6.45, 7) is 1.81. The summed E-state index contributed by atoms with van der Waals surface area (Å²) in [5.41, 5.74) is 0. The van der Waals surface area contributed by atoms with Crippen LogP contribution in [0.3, 0.4) is 0 Å². The van der Waals surface area contributed by atoms with Crippen molar-refractivity contribution in [3.63, 3.8) is 0 Å². The second-order valence-electron chi connectivity index (χ2n) is 2.07. The standard InChI is InChI=1S/C10H12O2/c1-2-3-4-5-6-7-10(12)8-9-11/h2-3,10-12H,8-9H2,1H3/b3-2+. The van der Waals surface area contributed by atoms with Gasteiger partial charge in [0.25, 0.3) is 0 Å². The number of rotatable bonds is 2. The Morgan fingerprint density at radius 3 is 2.75 bits per heavy atom. The van der Waals surface area contributed by atoms with Crippen molar-refractivity contribution in [2.45, 2.75) is 19.4 Å². The van der Waals surface area contributed by atoms with Crippen LogP contribution in [0.5, 0.6) is 0 Å². The van der Waals surface area contributed by atoms with Gasteiger partial charge in [-0.25, -0.2) is 0 Å². The molecule has 0 aromatic carbocycles. The van der Waals surface area contributed by atoms with Crippen molar-refractivity contribution in [1.29, 1.82) is 0 Å². The van der Waals surface area contributed by atoms with E-state index < -0.39 is 6.10 Å². The molecule has 0 aliphatic carbocycles. The number of aliphatic hydroxyl groups excluding tert-OH is 2. The highest BCUT2D eigenvalue weighted by Gasteiger charge is 1.94. The van der Waals surface area contributed by atoms with Crippen LogP contribution in [-0.2, 0) is 0 Å². The van der Waals surface area contributed by atoms with Crippen LogP contribution in [-0.4, -0.2) is 22.9 Å². The fourth-order valence-electron chi connectivity index (χ4n) is 0.475. The smallest absolute Gasteiger partial charge is 0.117 e. The average molecular weight is 164 g/mol. The maximum atomic E-state index is 8.99. The molecule has 1 unspecified atom stereocenters. The first kappa shape index (κ1) is 10.8. The Bertz CT molecular complexity index is 244. The molecule has 0 rings (SSSR count). The highest BCUT2D eigenvalue weighted by atomic mass is 16.3. The van der Waals surface area contributed by atoms with Crippen molar-refractivity contribution in [3.05, 3.63) is 12.2 Å². The van der Waals surface area contributed by atoms with Gasteiger partial charge in [0.05, 0.1) is 0 Å². The summed E-state index contributed by atoms with van der Waals surface area (Å²) in [4.78, 5) is 0. The number of aliphatic hydroxyl groups is 2. The molecule has 0 spiro atoms. The van der Waals surface area contributed by atoms with Crippen molar-refractivity contribution in [1.82, 2.24) is 0 Å². The highest BCUT2D eigenvalue weighted by molar-refractivity contribution is 5.31. The minimum atomic E-state index is -0.769. The van der Waals surface area contributed by atoms with E-state index >= 15 is 0 Å². The highest BCUT2D eigenvalue weighted by Crippen LogP contribution is 1.85. The molecule has 0 fully saturated rings. The SMILES string of the molecule is C/C=C/C#CC#CC(O)CCO. The minimum absolute atomic E-state index is 0.0574. The molecular weight excluding hydrogens is 152 g/mol. The Hall–Kier alpha value is -1.22. The summed E-state index contributed by atoms with van der Waals surface area (Å²) >= 11 is 0. The lowest BCUT2D eigenvalue weighted by Gasteiger charge is -1.95. The number of hydrogen-bond acceptors (Lipinski definition) is 2. The van der Waals surface area contributed by atoms with Crippen molar-refractivity contribution in [2.24, 2.45) is 0 Å². The Kier molecular flexibility index (Phi) is 7.08.